The first-order valence-electron chi connectivity index (χ1n) is 9.30. The van der Waals surface area contributed by atoms with Gasteiger partial charge in [0.2, 0.25) is 0 Å². The van der Waals surface area contributed by atoms with E-state index in [9.17, 15) is 9.59 Å². The number of aryl methyl sites for hydroxylation is 1. The molecule has 3 aromatic rings. The van der Waals surface area contributed by atoms with Crippen molar-refractivity contribution in [3.05, 3.63) is 59.2 Å². The van der Waals surface area contributed by atoms with Gasteiger partial charge in [0.25, 0.3) is 5.91 Å². The third-order valence-corrected chi connectivity index (χ3v) is 5.65. The minimum absolute atomic E-state index is 0. The fourth-order valence-electron chi connectivity index (χ4n) is 3.02. The average molecular weight is 432 g/mol. The smallest absolute Gasteiger partial charge is 0.260 e. The van der Waals surface area contributed by atoms with E-state index < -0.39 is 0 Å². The quantitative estimate of drug-likeness (QED) is 0.503. The van der Waals surface area contributed by atoms with E-state index in [1.54, 1.807) is 29.2 Å². The molecule has 5 nitrogen and oxygen atoms in total. The lowest BCUT2D eigenvalue weighted by Gasteiger charge is -2.21. The predicted octanol–water partition coefficient (Wildman–Crippen LogP) is 4.83. The van der Waals surface area contributed by atoms with Crippen LogP contribution in [0.5, 0.6) is 0 Å². The molecular formula is C22H26ClN3O2S. The number of carbonyl (C=O) groups is 2. The number of ketones is 1. The number of carbonyl (C=O) groups excluding carboxylic acids is 2. The number of hydrogen-bond donors (Lipinski definition) is 0. The van der Waals surface area contributed by atoms with Crippen LogP contribution < -0.4 is 4.90 Å². The van der Waals surface area contributed by atoms with Gasteiger partial charge in [-0.2, -0.15) is 0 Å². The number of rotatable bonds is 7. The monoisotopic (exact) mass is 431 g/mol. The number of halogens is 1. The number of fused-ring (bicyclic) bond motifs is 1. The van der Waals surface area contributed by atoms with E-state index in [1.807, 2.05) is 39.2 Å². The van der Waals surface area contributed by atoms with E-state index >= 15 is 0 Å². The molecule has 0 saturated heterocycles. The topological polar surface area (TPSA) is 53.5 Å². The van der Waals surface area contributed by atoms with Crippen molar-refractivity contribution in [1.82, 2.24) is 9.88 Å². The number of nitrogens with zero attached hydrogens (tertiary/aromatic N) is 3. The van der Waals surface area contributed by atoms with E-state index in [-0.39, 0.29) is 24.1 Å². The molecule has 0 unspecified atom stereocenters. The second kappa shape index (κ2) is 9.96. The number of Topliss-reactive ketones (excluding diaryl/α,β-unsaturated/α-hetero) is 1. The molecule has 1 amide bonds. The Morgan fingerprint density at radius 1 is 1.00 bits per heavy atom. The number of anilines is 1. The van der Waals surface area contributed by atoms with Gasteiger partial charge in [-0.15, -0.1) is 12.4 Å². The normalized spacial score (nSPS) is 10.8. The molecule has 2 aromatic carbocycles. The van der Waals surface area contributed by atoms with Gasteiger partial charge in [-0.1, -0.05) is 35.6 Å². The van der Waals surface area contributed by atoms with E-state index in [0.717, 1.165) is 28.7 Å². The Balaban J connectivity index is 0.00000300. The number of aromatic nitrogens is 1. The summed E-state index contributed by atoms with van der Waals surface area (Å²) in [6.45, 7) is 5.03. The zero-order valence-corrected chi connectivity index (χ0v) is 18.8. The Morgan fingerprint density at radius 3 is 2.24 bits per heavy atom. The lowest BCUT2D eigenvalue weighted by molar-refractivity contribution is 0.0981. The van der Waals surface area contributed by atoms with Crippen molar-refractivity contribution in [1.29, 1.82) is 0 Å². The van der Waals surface area contributed by atoms with Gasteiger partial charge in [0.05, 0.1) is 10.2 Å². The highest BCUT2D eigenvalue weighted by molar-refractivity contribution is 7.22. The van der Waals surface area contributed by atoms with E-state index in [1.165, 1.54) is 18.3 Å². The van der Waals surface area contributed by atoms with Gasteiger partial charge in [0, 0.05) is 17.7 Å². The summed E-state index contributed by atoms with van der Waals surface area (Å²) in [6.07, 6.45) is 0.846. The van der Waals surface area contributed by atoms with E-state index in [2.05, 4.69) is 4.90 Å². The fourth-order valence-corrected chi connectivity index (χ4v) is 4.09. The second-order valence-corrected chi connectivity index (χ2v) is 8.17. The molecule has 0 fully saturated rings. The Kier molecular flexibility index (Phi) is 7.90. The fraction of sp³-hybridized carbons (Fsp3) is 0.318. The molecule has 0 aliphatic rings. The van der Waals surface area contributed by atoms with Crippen LogP contribution in [0.4, 0.5) is 5.13 Å². The maximum atomic E-state index is 13.3. The van der Waals surface area contributed by atoms with Crippen molar-refractivity contribution >= 4 is 50.8 Å². The average Bonchev–Trinajstić information content (AvgIpc) is 3.10. The van der Waals surface area contributed by atoms with Crippen LogP contribution in [0.2, 0.25) is 0 Å². The summed E-state index contributed by atoms with van der Waals surface area (Å²) in [7, 11) is 4.04. The van der Waals surface area contributed by atoms with Crippen LogP contribution >= 0.6 is 23.7 Å². The summed E-state index contributed by atoms with van der Waals surface area (Å²) in [5.74, 6) is -0.103. The van der Waals surface area contributed by atoms with Crippen molar-refractivity contribution in [3.63, 3.8) is 0 Å². The molecule has 1 aromatic heterocycles. The van der Waals surface area contributed by atoms with Gasteiger partial charge < -0.3 is 4.90 Å². The third kappa shape index (κ3) is 5.41. The maximum absolute atomic E-state index is 13.3. The molecule has 0 saturated carbocycles. The molecule has 0 N–H and O–H groups in total. The summed E-state index contributed by atoms with van der Waals surface area (Å²) < 4.78 is 1.08. The highest BCUT2D eigenvalue weighted by Gasteiger charge is 2.21. The van der Waals surface area contributed by atoms with Gasteiger partial charge in [-0.25, -0.2) is 4.98 Å². The Bertz CT molecular complexity index is 999. The van der Waals surface area contributed by atoms with Gasteiger partial charge >= 0.3 is 0 Å². The molecule has 154 valence electrons. The summed E-state index contributed by atoms with van der Waals surface area (Å²) in [5.41, 5.74) is 3.21. The van der Waals surface area contributed by atoms with Crippen LogP contribution in [0.25, 0.3) is 10.2 Å². The lowest BCUT2D eigenvalue weighted by atomic mass is 10.1. The van der Waals surface area contributed by atoms with Crippen molar-refractivity contribution in [2.75, 3.05) is 32.1 Å². The minimum Gasteiger partial charge on any atom is -0.309 e. The van der Waals surface area contributed by atoms with Crippen LogP contribution in [0.1, 0.15) is 39.6 Å². The SMILES string of the molecule is CC(=O)c1ccc(C(=O)N(CCCN(C)C)c2nc3c(C)cccc3s2)cc1.Cl. The molecule has 0 atom stereocenters. The molecule has 29 heavy (non-hydrogen) atoms. The number of thiazole rings is 1. The van der Waals surface area contributed by atoms with Gasteiger partial charge in [-0.05, 0) is 64.7 Å². The van der Waals surface area contributed by atoms with Crippen LogP contribution in [0, 0.1) is 6.92 Å². The van der Waals surface area contributed by atoms with Crippen LogP contribution in [-0.4, -0.2) is 48.8 Å². The van der Waals surface area contributed by atoms with Gasteiger partial charge in [0.15, 0.2) is 10.9 Å². The van der Waals surface area contributed by atoms with Crippen molar-refractivity contribution in [2.24, 2.45) is 0 Å². The first-order valence-corrected chi connectivity index (χ1v) is 10.1. The molecule has 0 aliphatic heterocycles. The largest absolute Gasteiger partial charge is 0.309 e. The lowest BCUT2D eigenvalue weighted by Crippen LogP contribution is -2.33. The molecule has 0 spiro atoms. The summed E-state index contributed by atoms with van der Waals surface area (Å²) in [5, 5.41) is 0.712. The molecule has 7 heteroatoms. The maximum Gasteiger partial charge on any atom is 0.260 e. The molecule has 0 aliphatic carbocycles. The molecule has 0 radical (unpaired) electrons. The van der Waals surface area contributed by atoms with Gasteiger partial charge in [-0.3, -0.25) is 14.5 Å². The second-order valence-electron chi connectivity index (χ2n) is 7.17. The predicted molar refractivity (Wildman–Crippen MR) is 123 cm³/mol. The number of hydrogen-bond acceptors (Lipinski definition) is 5. The standard InChI is InChI=1S/C22H25N3O2S.ClH/c1-15-7-5-8-19-20(15)23-22(28-19)25(14-6-13-24(3)4)21(27)18-11-9-17(10-12-18)16(2)26;/h5,7-12H,6,13-14H2,1-4H3;1H. The summed E-state index contributed by atoms with van der Waals surface area (Å²) in [4.78, 5) is 33.4. The Hall–Kier alpha value is -2.28. The number of amides is 1. The minimum atomic E-state index is -0.0921. The number of para-hydroxylation sites is 1. The Labute approximate surface area is 181 Å². The first kappa shape index (κ1) is 23.0. The summed E-state index contributed by atoms with van der Waals surface area (Å²) >= 11 is 1.54. The van der Waals surface area contributed by atoms with Gasteiger partial charge in [0.1, 0.15) is 0 Å². The van der Waals surface area contributed by atoms with Crippen molar-refractivity contribution < 1.29 is 9.59 Å². The highest BCUT2D eigenvalue weighted by Crippen LogP contribution is 2.31. The van der Waals surface area contributed by atoms with Crippen molar-refractivity contribution in [2.45, 2.75) is 20.3 Å². The molecular weight excluding hydrogens is 406 g/mol. The Morgan fingerprint density at radius 2 is 1.66 bits per heavy atom. The van der Waals surface area contributed by atoms with Crippen molar-refractivity contribution in [3.8, 4) is 0 Å². The molecule has 1 heterocycles. The molecule has 0 bridgehead atoms. The van der Waals surface area contributed by atoms with Crippen LogP contribution in [0.15, 0.2) is 42.5 Å². The first-order chi connectivity index (χ1) is 13.4. The molecule has 3 rings (SSSR count). The zero-order valence-electron chi connectivity index (χ0n) is 17.1. The van der Waals surface area contributed by atoms with E-state index in [0.29, 0.717) is 22.8 Å². The van der Waals surface area contributed by atoms with Crippen LogP contribution in [-0.2, 0) is 0 Å². The zero-order chi connectivity index (χ0) is 20.3. The third-order valence-electron chi connectivity index (χ3n) is 4.61. The van der Waals surface area contributed by atoms with Crippen LogP contribution in [0.3, 0.4) is 0 Å². The summed E-state index contributed by atoms with van der Waals surface area (Å²) in [6, 6.07) is 12.9. The number of benzene rings is 2. The highest BCUT2D eigenvalue weighted by atomic mass is 35.5. The van der Waals surface area contributed by atoms with E-state index in [4.69, 9.17) is 4.98 Å².